The first-order chi connectivity index (χ1) is 7.09. The maximum absolute atomic E-state index is 11.4. The quantitative estimate of drug-likeness (QED) is 0.549. The standard InChI is InChI=1S/C9H19NO5S/c1-7(2)8(11)10-9(3,4)6-16(12,13)15-14-5/h7H,6H2,1-5H3,(H,10,11). The minimum Gasteiger partial charge on any atom is -0.350 e. The van der Waals surface area contributed by atoms with Gasteiger partial charge in [-0.15, -0.1) is 4.33 Å². The van der Waals surface area contributed by atoms with Crippen molar-refractivity contribution in [2.75, 3.05) is 12.9 Å². The van der Waals surface area contributed by atoms with Crippen LogP contribution in [0.15, 0.2) is 0 Å². The molecule has 0 saturated carbocycles. The number of carbonyl (C=O) groups excluding carboxylic acids is 1. The molecule has 0 spiro atoms. The van der Waals surface area contributed by atoms with Crippen molar-refractivity contribution in [2.24, 2.45) is 5.92 Å². The summed E-state index contributed by atoms with van der Waals surface area (Å²) in [4.78, 5) is 15.5. The second-order valence-corrected chi connectivity index (χ2v) is 6.00. The van der Waals surface area contributed by atoms with Gasteiger partial charge in [0.05, 0.1) is 12.6 Å². The summed E-state index contributed by atoms with van der Waals surface area (Å²) in [5.41, 5.74) is -0.904. The van der Waals surface area contributed by atoms with E-state index in [9.17, 15) is 13.2 Å². The van der Waals surface area contributed by atoms with Crippen molar-refractivity contribution in [3.8, 4) is 0 Å². The Hall–Kier alpha value is -0.660. The Morgan fingerprint density at radius 3 is 2.25 bits per heavy atom. The van der Waals surface area contributed by atoms with E-state index in [1.165, 1.54) is 0 Å². The van der Waals surface area contributed by atoms with Gasteiger partial charge in [0.1, 0.15) is 5.75 Å². The molecule has 6 nitrogen and oxygen atoms in total. The van der Waals surface area contributed by atoms with Gasteiger partial charge >= 0.3 is 0 Å². The molecule has 0 unspecified atom stereocenters. The summed E-state index contributed by atoms with van der Waals surface area (Å²) in [6.45, 7) is 6.66. The average Bonchev–Trinajstić information content (AvgIpc) is 1.99. The lowest BCUT2D eigenvalue weighted by atomic mass is 10.1. The van der Waals surface area contributed by atoms with Gasteiger partial charge in [0.15, 0.2) is 0 Å². The minimum atomic E-state index is -3.80. The third-order valence-corrected chi connectivity index (χ3v) is 3.11. The Bertz CT molecular complexity index is 334. The highest BCUT2D eigenvalue weighted by Gasteiger charge is 2.29. The molecule has 0 aliphatic carbocycles. The molecule has 1 N–H and O–H groups in total. The number of rotatable bonds is 6. The first-order valence-electron chi connectivity index (χ1n) is 4.86. The molecule has 1 amide bonds. The molecule has 0 heterocycles. The first kappa shape index (κ1) is 15.3. The van der Waals surface area contributed by atoms with Gasteiger partial charge in [0, 0.05) is 5.92 Å². The maximum atomic E-state index is 11.4. The maximum Gasteiger partial charge on any atom is 0.295 e. The molecule has 0 radical (unpaired) electrons. The molecule has 0 rings (SSSR count). The van der Waals surface area contributed by atoms with Crippen molar-refractivity contribution >= 4 is 16.0 Å². The lowest BCUT2D eigenvalue weighted by Gasteiger charge is -2.26. The van der Waals surface area contributed by atoms with Crippen molar-refractivity contribution in [1.82, 2.24) is 5.32 Å². The summed E-state index contributed by atoms with van der Waals surface area (Å²) in [5.74, 6) is -0.769. The van der Waals surface area contributed by atoms with Gasteiger partial charge in [0.2, 0.25) is 5.91 Å². The summed E-state index contributed by atoms with van der Waals surface area (Å²) in [5, 5.41) is 2.62. The third kappa shape index (κ3) is 6.04. The van der Waals surface area contributed by atoms with Crippen LogP contribution in [0.4, 0.5) is 0 Å². The Balaban J connectivity index is 4.52. The zero-order valence-corrected chi connectivity index (χ0v) is 11.1. The van der Waals surface area contributed by atoms with Gasteiger partial charge in [-0.05, 0) is 13.8 Å². The third-order valence-electron chi connectivity index (χ3n) is 1.70. The fraction of sp³-hybridized carbons (Fsp3) is 0.889. The van der Waals surface area contributed by atoms with E-state index in [1.54, 1.807) is 27.7 Å². The van der Waals surface area contributed by atoms with Crippen molar-refractivity contribution in [2.45, 2.75) is 33.2 Å². The van der Waals surface area contributed by atoms with Crippen LogP contribution in [0.1, 0.15) is 27.7 Å². The molecule has 0 aromatic carbocycles. The highest BCUT2D eigenvalue weighted by atomic mass is 32.2. The van der Waals surface area contributed by atoms with Crippen LogP contribution in [0.3, 0.4) is 0 Å². The van der Waals surface area contributed by atoms with Crippen LogP contribution in [0.5, 0.6) is 0 Å². The molecule has 16 heavy (non-hydrogen) atoms. The Kier molecular flexibility index (Phi) is 5.37. The van der Waals surface area contributed by atoms with E-state index in [4.69, 9.17) is 0 Å². The van der Waals surface area contributed by atoms with E-state index in [0.29, 0.717) is 0 Å². The van der Waals surface area contributed by atoms with Crippen LogP contribution in [0.2, 0.25) is 0 Å². The summed E-state index contributed by atoms with van der Waals surface area (Å²) < 4.78 is 26.7. The summed E-state index contributed by atoms with van der Waals surface area (Å²) >= 11 is 0. The molecule has 0 saturated heterocycles. The molecule has 0 aromatic heterocycles. The number of nitrogens with one attached hydrogen (secondary N) is 1. The van der Waals surface area contributed by atoms with Crippen LogP contribution in [-0.2, 0) is 24.1 Å². The van der Waals surface area contributed by atoms with Gasteiger partial charge in [-0.1, -0.05) is 13.8 Å². The number of amides is 1. The summed E-state index contributed by atoms with van der Waals surface area (Å²) in [7, 11) is -2.69. The molecular weight excluding hydrogens is 234 g/mol. The van der Waals surface area contributed by atoms with Gasteiger partial charge < -0.3 is 5.32 Å². The van der Waals surface area contributed by atoms with Crippen LogP contribution in [0.25, 0.3) is 0 Å². The zero-order valence-electron chi connectivity index (χ0n) is 10.2. The van der Waals surface area contributed by atoms with Crippen molar-refractivity contribution in [3.05, 3.63) is 0 Å². The van der Waals surface area contributed by atoms with E-state index >= 15 is 0 Å². The number of hydrogen-bond acceptors (Lipinski definition) is 5. The molecule has 0 bridgehead atoms. The Morgan fingerprint density at radius 1 is 1.38 bits per heavy atom. The lowest BCUT2D eigenvalue weighted by Crippen LogP contribution is -2.49. The first-order valence-corrected chi connectivity index (χ1v) is 6.44. The fourth-order valence-corrected chi connectivity index (χ4v) is 2.30. The monoisotopic (exact) mass is 253 g/mol. The van der Waals surface area contributed by atoms with E-state index in [1.807, 2.05) is 0 Å². The number of hydrogen-bond donors (Lipinski definition) is 1. The molecule has 0 aromatic rings. The molecule has 0 aliphatic rings. The van der Waals surface area contributed by atoms with E-state index in [0.717, 1.165) is 7.11 Å². The van der Waals surface area contributed by atoms with Gasteiger partial charge in [-0.3, -0.25) is 4.79 Å². The molecule has 0 atom stereocenters. The van der Waals surface area contributed by atoms with E-state index < -0.39 is 15.7 Å². The second-order valence-electron chi connectivity index (χ2n) is 4.46. The highest BCUT2D eigenvalue weighted by Crippen LogP contribution is 2.10. The average molecular weight is 253 g/mol. The van der Waals surface area contributed by atoms with Gasteiger partial charge in [-0.25, -0.2) is 4.89 Å². The normalized spacial score (nSPS) is 12.9. The van der Waals surface area contributed by atoms with Crippen molar-refractivity contribution in [3.63, 3.8) is 0 Å². The second kappa shape index (κ2) is 5.60. The predicted octanol–water partition coefficient (Wildman–Crippen LogP) is 0.445. The molecule has 7 heteroatoms. The molecular formula is C9H19NO5S. The predicted molar refractivity (Wildman–Crippen MR) is 58.9 cm³/mol. The Morgan fingerprint density at radius 2 is 1.88 bits per heavy atom. The smallest absolute Gasteiger partial charge is 0.295 e. The summed E-state index contributed by atoms with van der Waals surface area (Å²) in [6, 6.07) is 0. The topological polar surface area (TPSA) is 81.7 Å². The van der Waals surface area contributed by atoms with Gasteiger partial charge in [-0.2, -0.15) is 8.42 Å². The van der Waals surface area contributed by atoms with Crippen LogP contribution < -0.4 is 5.32 Å². The van der Waals surface area contributed by atoms with Crippen molar-refractivity contribution in [1.29, 1.82) is 0 Å². The van der Waals surface area contributed by atoms with E-state index in [2.05, 4.69) is 14.5 Å². The largest absolute Gasteiger partial charge is 0.350 e. The SMILES string of the molecule is COOS(=O)(=O)CC(C)(C)NC(=O)C(C)C. The van der Waals surface area contributed by atoms with E-state index in [-0.39, 0.29) is 17.6 Å². The molecule has 0 fully saturated rings. The number of carbonyl (C=O) groups is 1. The fourth-order valence-electron chi connectivity index (χ4n) is 1.08. The molecule has 96 valence electrons. The highest BCUT2D eigenvalue weighted by molar-refractivity contribution is 7.86. The Labute approximate surface area is 96.4 Å². The van der Waals surface area contributed by atoms with Crippen LogP contribution in [-0.4, -0.2) is 32.7 Å². The van der Waals surface area contributed by atoms with Crippen molar-refractivity contribution < 1.29 is 22.4 Å². The van der Waals surface area contributed by atoms with Crippen LogP contribution in [0, 0.1) is 5.92 Å². The lowest BCUT2D eigenvalue weighted by molar-refractivity contribution is -0.172. The zero-order chi connectivity index (χ0) is 13.0. The minimum absolute atomic E-state index is 0.203. The van der Waals surface area contributed by atoms with Gasteiger partial charge in [0.25, 0.3) is 10.1 Å². The van der Waals surface area contributed by atoms with Crippen LogP contribution >= 0.6 is 0 Å². The summed E-state index contributed by atoms with van der Waals surface area (Å²) in [6.07, 6.45) is 0. The molecule has 0 aliphatic heterocycles.